The van der Waals surface area contributed by atoms with Gasteiger partial charge in [-0.15, -0.1) is 0 Å². The number of hydrogen-bond acceptors (Lipinski definition) is 4. The van der Waals surface area contributed by atoms with Crippen LogP contribution in [0.1, 0.15) is 68.1 Å². The second kappa shape index (κ2) is 11.6. The Morgan fingerprint density at radius 2 is 1.79 bits per heavy atom. The number of hydrogen-bond donors (Lipinski definition) is 2. The summed E-state index contributed by atoms with van der Waals surface area (Å²) >= 11 is 0. The van der Waals surface area contributed by atoms with Crippen LogP contribution in [0.15, 0.2) is 112 Å². The molecule has 0 saturated carbocycles. The largest absolute Gasteiger partial charge is 0.354 e. The Kier molecular flexibility index (Phi) is 7.16. The van der Waals surface area contributed by atoms with Gasteiger partial charge in [0.25, 0.3) is 0 Å². The van der Waals surface area contributed by atoms with Gasteiger partial charge in [0.1, 0.15) is 12.0 Å². The molecule has 3 unspecified atom stereocenters. The molecule has 216 valence electrons. The van der Waals surface area contributed by atoms with Crippen LogP contribution in [0.25, 0.3) is 22.4 Å². The molecule has 3 atom stereocenters. The average Bonchev–Trinajstić information content (AvgIpc) is 3.64. The normalized spacial score (nSPS) is 26.6. The van der Waals surface area contributed by atoms with E-state index in [1.54, 1.807) is 0 Å². The number of nitrogens with one attached hydrogen (secondary N) is 2. The van der Waals surface area contributed by atoms with E-state index in [1.165, 1.54) is 62.6 Å². The van der Waals surface area contributed by atoms with Crippen LogP contribution >= 0.6 is 0 Å². The van der Waals surface area contributed by atoms with Crippen molar-refractivity contribution in [3.63, 3.8) is 0 Å². The third kappa shape index (κ3) is 5.23. The van der Waals surface area contributed by atoms with Crippen molar-refractivity contribution in [3.05, 3.63) is 118 Å². The van der Waals surface area contributed by atoms with E-state index in [0.29, 0.717) is 0 Å². The molecule has 6 aliphatic rings. The second-order valence-corrected chi connectivity index (χ2v) is 12.6. The highest BCUT2D eigenvalue weighted by atomic mass is 15.3. The lowest BCUT2D eigenvalue weighted by Crippen LogP contribution is -2.58. The van der Waals surface area contributed by atoms with Crippen LogP contribution in [0.5, 0.6) is 0 Å². The van der Waals surface area contributed by atoms with Crippen LogP contribution in [0, 0.1) is 5.92 Å². The summed E-state index contributed by atoms with van der Waals surface area (Å²) in [5.74, 6) is 1.34. The lowest BCUT2D eigenvalue weighted by atomic mass is 9.80. The molecular weight excluding hydrogens is 524 g/mol. The van der Waals surface area contributed by atoms with Crippen molar-refractivity contribution in [2.24, 2.45) is 15.9 Å². The average molecular weight is 565 g/mol. The molecule has 0 radical (unpaired) electrons. The predicted molar refractivity (Wildman–Crippen MR) is 181 cm³/mol. The summed E-state index contributed by atoms with van der Waals surface area (Å²) in [5, 5.41) is 10.6. The third-order valence-corrected chi connectivity index (χ3v) is 9.81. The highest BCUT2D eigenvalue weighted by Crippen LogP contribution is 2.39. The van der Waals surface area contributed by atoms with E-state index in [1.807, 2.05) is 0 Å². The monoisotopic (exact) mass is 564 g/mol. The smallest absolute Gasteiger partial charge is 0.127 e. The van der Waals surface area contributed by atoms with Gasteiger partial charge in [0, 0.05) is 5.92 Å². The highest BCUT2D eigenvalue weighted by molar-refractivity contribution is 6.12. The van der Waals surface area contributed by atoms with Crippen LogP contribution < -0.4 is 10.6 Å². The number of fused-ring (bicyclic) bond motifs is 3. The van der Waals surface area contributed by atoms with Gasteiger partial charge >= 0.3 is 0 Å². The Morgan fingerprint density at radius 3 is 2.63 bits per heavy atom. The second-order valence-electron chi connectivity index (χ2n) is 12.6. The molecule has 0 spiro atoms. The van der Waals surface area contributed by atoms with Gasteiger partial charge in [-0.05, 0) is 126 Å². The minimum Gasteiger partial charge on any atom is -0.354 e. The molecule has 8 rings (SSSR count). The molecule has 43 heavy (non-hydrogen) atoms. The molecule has 2 aliphatic heterocycles. The molecule has 0 fully saturated rings. The molecule has 2 N–H and O–H groups in total. The summed E-state index contributed by atoms with van der Waals surface area (Å²) < 4.78 is 0. The Labute approximate surface area is 255 Å². The molecule has 0 aromatic heterocycles. The van der Waals surface area contributed by atoms with Crippen molar-refractivity contribution >= 4 is 34.0 Å². The summed E-state index contributed by atoms with van der Waals surface area (Å²) in [6, 6.07) is 11.4. The van der Waals surface area contributed by atoms with Gasteiger partial charge in [-0.2, -0.15) is 0 Å². The third-order valence-electron chi connectivity index (χ3n) is 9.81. The lowest BCUT2D eigenvalue weighted by molar-refractivity contribution is 0.338. The van der Waals surface area contributed by atoms with E-state index in [4.69, 9.17) is 9.98 Å². The van der Waals surface area contributed by atoms with E-state index in [2.05, 4.69) is 102 Å². The van der Waals surface area contributed by atoms with E-state index >= 15 is 0 Å². The number of benzene rings is 2. The van der Waals surface area contributed by atoms with E-state index in [-0.39, 0.29) is 18.2 Å². The van der Waals surface area contributed by atoms with Gasteiger partial charge in [-0.3, -0.25) is 10.3 Å². The topological polar surface area (TPSA) is 48.8 Å². The standard InChI is InChI=1S/C39H40N4/c1-3-12-26(13-4-1)37-41-38(27-14-5-2-6-15-27)43-39(42-37)31-23-29(22-30(24-31)36-20-11-21-40-36)35-25-28-16-7-8-17-32(28)33-18-9-10-19-34(33)35/h1,3,8-12,14,17-20,22-23,25,31,37,39,42H,2,4-7,13,15-16,21,24H2,(H,41,43). The summed E-state index contributed by atoms with van der Waals surface area (Å²) in [5.41, 5.74) is 10.7. The minimum atomic E-state index is 0.000288. The Balaban J connectivity index is 1.22. The molecular formula is C39H40N4. The van der Waals surface area contributed by atoms with Crippen LogP contribution in [-0.4, -0.2) is 30.4 Å². The maximum atomic E-state index is 5.28. The first kappa shape index (κ1) is 26.6. The zero-order valence-corrected chi connectivity index (χ0v) is 24.9. The number of aliphatic imine (C=N–C) groups is 2. The highest BCUT2D eigenvalue weighted by Gasteiger charge is 2.33. The quantitative estimate of drug-likeness (QED) is 0.385. The first-order valence-electron chi connectivity index (χ1n) is 16.3. The molecule has 4 aliphatic carbocycles. The molecule has 0 bridgehead atoms. The minimum absolute atomic E-state index is 0.000288. The van der Waals surface area contributed by atoms with Crippen molar-refractivity contribution < 1.29 is 0 Å². The fourth-order valence-corrected chi connectivity index (χ4v) is 7.57. The van der Waals surface area contributed by atoms with Crippen LogP contribution in [-0.2, 0) is 6.42 Å². The van der Waals surface area contributed by atoms with E-state index < -0.39 is 0 Å². The maximum Gasteiger partial charge on any atom is 0.127 e. The number of allylic oxidation sites excluding steroid dienone is 9. The van der Waals surface area contributed by atoms with Crippen molar-refractivity contribution in [2.75, 3.05) is 6.54 Å². The number of rotatable bonds is 5. The van der Waals surface area contributed by atoms with Gasteiger partial charge in [0.15, 0.2) is 0 Å². The van der Waals surface area contributed by atoms with Crippen LogP contribution in [0.3, 0.4) is 0 Å². The molecule has 4 heteroatoms. The summed E-state index contributed by atoms with van der Waals surface area (Å²) in [6.45, 7) is 0.777. The van der Waals surface area contributed by atoms with Gasteiger partial charge in [0.2, 0.25) is 0 Å². The first-order chi connectivity index (χ1) is 21.3. The lowest BCUT2D eigenvalue weighted by Gasteiger charge is -2.39. The van der Waals surface area contributed by atoms with Gasteiger partial charge in [0.05, 0.1) is 18.4 Å². The maximum absolute atomic E-state index is 5.28. The molecule has 0 saturated heterocycles. The van der Waals surface area contributed by atoms with Crippen LogP contribution in [0.2, 0.25) is 0 Å². The Morgan fingerprint density at radius 1 is 0.860 bits per heavy atom. The van der Waals surface area contributed by atoms with Gasteiger partial charge in [-0.25, -0.2) is 4.99 Å². The molecule has 2 aromatic rings. The molecule has 2 heterocycles. The SMILES string of the molecule is C1=CCCC(C2N=C(C3=CCCCC3)NC(C3C=C(c4cc5c(c6ccccc46)C=CCC5)C=C(C4=NCC=C4)C3)N2)=C1. The predicted octanol–water partition coefficient (Wildman–Crippen LogP) is 8.16. The van der Waals surface area contributed by atoms with Crippen molar-refractivity contribution in [2.45, 2.75) is 70.1 Å². The van der Waals surface area contributed by atoms with Crippen molar-refractivity contribution in [1.29, 1.82) is 0 Å². The first-order valence-corrected chi connectivity index (χ1v) is 16.3. The number of nitrogens with zero attached hydrogens (tertiary/aromatic N) is 2. The molecule has 2 aromatic carbocycles. The summed E-state index contributed by atoms with van der Waals surface area (Å²) in [7, 11) is 0. The van der Waals surface area contributed by atoms with Crippen LogP contribution in [0.4, 0.5) is 0 Å². The number of aryl methyl sites for hydroxylation is 1. The molecule has 4 nitrogen and oxygen atoms in total. The van der Waals surface area contributed by atoms with Gasteiger partial charge in [-0.1, -0.05) is 72.9 Å². The zero-order valence-electron chi connectivity index (χ0n) is 24.9. The summed E-state index contributed by atoms with van der Waals surface area (Å²) in [4.78, 5) is 10.2. The fraction of sp³-hybridized carbons (Fsp3) is 0.333. The molecule has 0 amide bonds. The van der Waals surface area contributed by atoms with E-state index in [0.717, 1.165) is 63.0 Å². The number of amidine groups is 1. The van der Waals surface area contributed by atoms with Crippen molar-refractivity contribution in [1.82, 2.24) is 10.6 Å². The fourth-order valence-electron chi connectivity index (χ4n) is 7.57. The van der Waals surface area contributed by atoms with Gasteiger partial charge < -0.3 is 5.32 Å². The Hall–Kier alpha value is -4.02. The Bertz CT molecular complexity index is 1740. The van der Waals surface area contributed by atoms with E-state index in [9.17, 15) is 0 Å². The zero-order chi connectivity index (χ0) is 28.6. The van der Waals surface area contributed by atoms with Crippen molar-refractivity contribution in [3.8, 4) is 0 Å². The summed E-state index contributed by atoms with van der Waals surface area (Å²) in [6.07, 6.45) is 33.3.